The Hall–Kier alpha value is -0.590. The van der Waals surface area contributed by atoms with E-state index in [1.165, 1.54) is 0 Å². The molecule has 3 nitrogen and oxygen atoms in total. The number of hydrogen-bond acceptors (Lipinski definition) is 3. The number of nitrogens with two attached hydrogens (primary N) is 1. The Balaban J connectivity index is 2.30. The van der Waals surface area contributed by atoms with Crippen LogP contribution >= 0.6 is 0 Å². The maximum atomic E-state index is 8.62. The fourth-order valence-electron chi connectivity index (χ4n) is 1.23. The van der Waals surface area contributed by atoms with Gasteiger partial charge in [0.2, 0.25) is 0 Å². The fourth-order valence-corrected chi connectivity index (χ4v) is 1.23. The zero-order chi connectivity index (χ0) is 7.56. The molecule has 2 N–H and O–H groups in total. The first-order valence-corrected chi connectivity index (χ1v) is 3.67. The second kappa shape index (κ2) is 3.00. The van der Waals surface area contributed by atoms with Crippen molar-refractivity contribution in [3.8, 4) is 6.07 Å². The Kier molecular flexibility index (Phi) is 2.25. The van der Waals surface area contributed by atoms with Crippen LogP contribution in [0.2, 0.25) is 0 Å². The minimum absolute atomic E-state index is 0.0970. The van der Waals surface area contributed by atoms with Crippen LogP contribution in [0.5, 0.6) is 0 Å². The van der Waals surface area contributed by atoms with Gasteiger partial charge in [0.05, 0.1) is 12.1 Å². The van der Waals surface area contributed by atoms with Crippen LogP contribution in [0, 0.1) is 11.3 Å². The normalized spacial score (nSPS) is 23.3. The van der Waals surface area contributed by atoms with E-state index >= 15 is 0 Å². The first-order chi connectivity index (χ1) is 4.77. The highest BCUT2D eigenvalue weighted by molar-refractivity contribution is 4.97. The van der Waals surface area contributed by atoms with Gasteiger partial charge in [0, 0.05) is 19.1 Å². The molecule has 0 spiro atoms. The predicted octanol–water partition coefficient (Wildman–Crippen LogP) is -0.0685. The molecule has 0 aliphatic carbocycles. The van der Waals surface area contributed by atoms with E-state index in [2.05, 4.69) is 11.0 Å². The van der Waals surface area contributed by atoms with Gasteiger partial charge in [0.15, 0.2) is 0 Å². The summed E-state index contributed by atoms with van der Waals surface area (Å²) < 4.78 is 0. The molecule has 0 radical (unpaired) electrons. The molecule has 1 aliphatic heterocycles. The second-order valence-electron chi connectivity index (χ2n) is 2.77. The summed E-state index contributed by atoms with van der Waals surface area (Å²) in [6.45, 7) is 3.82. The molecule has 1 atom stereocenters. The first-order valence-electron chi connectivity index (χ1n) is 3.67. The van der Waals surface area contributed by atoms with Gasteiger partial charge in [-0.3, -0.25) is 4.90 Å². The monoisotopic (exact) mass is 139 g/mol. The third kappa shape index (κ3) is 1.28. The molecule has 1 heterocycles. The summed E-state index contributed by atoms with van der Waals surface area (Å²) in [4.78, 5) is 2.12. The van der Waals surface area contributed by atoms with E-state index in [4.69, 9.17) is 11.0 Å². The zero-order valence-electron chi connectivity index (χ0n) is 6.25. The standard InChI is InChI=1S/C7H13N3/c1-2-7(3-8)10-4-6(9)5-10/h6-7H,2,4-5,9H2,1H3/t7-/m0/s1. The van der Waals surface area contributed by atoms with Gasteiger partial charge in [-0.1, -0.05) is 6.92 Å². The second-order valence-corrected chi connectivity index (χ2v) is 2.77. The lowest BCUT2D eigenvalue weighted by atomic mass is 10.1. The van der Waals surface area contributed by atoms with Crippen molar-refractivity contribution in [2.75, 3.05) is 13.1 Å². The van der Waals surface area contributed by atoms with Gasteiger partial charge in [0.1, 0.15) is 0 Å². The minimum Gasteiger partial charge on any atom is -0.325 e. The van der Waals surface area contributed by atoms with Crippen molar-refractivity contribution in [3.63, 3.8) is 0 Å². The number of hydrogen-bond donors (Lipinski definition) is 1. The summed E-state index contributed by atoms with van der Waals surface area (Å²) in [6.07, 6.45) is 0.906. The van der Waals surface area contributed by atoms with Crippen LogP contribution in [0.25, 0.3) is 0 Å². The van der Waals surface area contributed by atoms with Gasteiger partial charge < -0.3 is 5.73 Å². The topological polar surface area (TPSA) is 53.0 Å². The average molecular weight is 139 g/mol. The molecule has 0 aromatic carbocycles. The number of likely N-dealkylation sites (tertiary alicyclic amines) is 1. The van der Waals surface area contributed by atoms with Crippen LogP contribution in [0.4, 0.5) is 0 Å². The van der Waals surface area contributed by atoms with Gasteiger partial charge >= 0.3 is 0 Å². The quantitative estimate of drug-likeness (QED) is 0.582. The van der Waals surface area contributed by atoms with E-state index in [0.29, 0.717) is 6.04 Å². The van der Waals surface area contributed by atoms with Crippen LogP contribution in [-0.2, 0) is 0 Å². The van der Waals surface area contributed by atoms with Crippen LogP contribution in [0.3, 0.4) is 0 Å². The van der Waals surface area contributed by atoms with E-state index in [9.17, 15) is 0 Å². The molecule has 0 aromatic heterocycles. The fraction of sp³-hybridized carbons (Fsp3) is 0.857. The molecule has 0 bridgehead atoms. The Labute approximate surface area is 61.4 Å². The highest BCUT2D eigenvalue weighted by Crippen LogP contribution is 2.11. The van der Waals surface area contributed by atoms with Crippen molar-refractivity contribution in [2.45, 2.75) is 25.4 Å². The lowest BCUT2D eigenvalue weighted by molar-refractivity contribution is 0.119. The molecule has 0 unspecified atom stereocenters. The van der Waals surface area contributed by atoms with Crippen LogP contribution in [0.15, 0.2) is 0 Å². The molecular weight excluding hydrogens is 126 g/mol. The Morgan fingerprint density at radius 1 is 1.80 bits per heavy atom. The van der Waals surface area contributed by atoms with E-state index in [-0.39, 0.29) is 6.04 Å². The summed E-state index contributed by atoms with van der Waals surface area (Å²) in [6, 6.07) is 2.65. The van der Waals surface area contributed by atoms with Gasteiger partial charge in [0.25, 0.3) is 0 Å². The van der Waals surface area contributed by atoms with E-state index in [0.717, 1.165) is 19.5 Å². The summed E-state index contributed by atoms with van der Waals surface area (Å²) in [5.74, 6) is 0. The lowest BCUT2D eigenvalue weighted by Gasteiger charge is -2.39. The maximum absolute atomic E-state index is 8.62. The van der Waals surface area contributed by atoms with E-state index in [1.54, 1.807) is 0 Å². The number of rotatable bonds is 2. The molecule has 0 aromatic rings. The zero-order valence-corrected chi connectivity index (χ0v) is 6.25. The number of nitrogens with zero attached hydrogens (tertiary/aromatic N) is 2. The summed E-state index contributed by atoms with van der Waals surface area (Å²) in [5.41, 5.74) is 5.56. The van der Waals surface area contributed by atoms with Crippen LogP contribution in [0.1, 0.15) is 13.3 Å². The molecule has 10 heavy (non-hydrogen) atoms. The highest BCUT2D eigenvalue weighted by atomic mass is 15.2. The largest absolute Gasteiger partial charge is 0.325 e. The van der Waals surface area contributed by atoms with Gasteiger partial charge in [-0.05, 0) is 6.42 Å². The van der Waals surface area contributed by atoms with Gasteiger partial charge in [-0.25, -0.2) is 0 Å². The predicted molar refractivity (Wildman–Crippen MR) is 39.2 cm³/mol. The van der Waals surface area contributed by atoms with Crippen LogP contribution in [-0.4, -0.2) is 30.1 Å². The molecule has 56 valence electrons. The van der Waals surface area contributed by atoms with Crippen molar-refractivity contribution in [2.24, 2.45) is 5.73 Å². The third-order valence-electron chi connectivity index (χ3n) is 1.91. The highest BCUT2D eigenvalue weighted by Gasteiger charge is 2.28. The molecular formula is C7H13N3. The molecule has 0 amide bonds. The number of nitriles is 1. The smallest absolute Gasteiger partial charge is 0.0976 e. The van der Waals surface area contributed by atoms with Gasteiger partial charge in [-0.15, -0.1) is 0 Å². The molecule has 1 aliphatic rings. The van der Waals surface area contributed by atoms with Crippen molar-refractivity contribution in [3.05, 3.63) is 0 Å². The summed E-state index contributed by atoms with van der Waals surface area (Å²) in [7, 11) is 0. The molecule has 1 fully saturated rings. The van der Waals surface area contributed by atoms with E-state index in [1.807, 2.05) is 6.92 Å². The van der Waals surface area contributed by atoms with Crippen molar-refractivity contribution in [1.29, 1.82) is 5.26 Å². The van der Waals surface area contributed by atoms with Crippen molar-refractivity contribution >= 4 is 0 Å². The van der Waals surface area contributed by atoms with Crippen molar-refractivity contribution < 1.29 is 0 Å². The van der Waals surface area contributed by atoms with Gasteiger partial charge in [-0.2, -0.15) is 5.26 Å². The van der Waals surface area contributed by atoms with Crippen molar-refractivity contribution in [1.82, 2.24) is 4.90 Å². The minimum atomic E-state index is 0.0970. The first kappa shape index (κ1) is 7.52. The summed E-state index contributed by atoms with van der Waals surface area (Å²) >= 11 is 0. The SMILES string of the molecule is CC[C@@H](C#N)N1CC(N)C1. The Morgan fingerprint density at radius 2 is 2.40 bits per heavy atom. The average Bonchev–Trinajstić information content (AvgIpc) is 1.87. The molecule has 1 saturated heterocycles. The molecule has 0 saturated carbocycles. The molecule has 1 rings (SSSR count). The lowest BCUT2D eigenvalue weighted by Crippen LogP contribution is -2.58. The Morgan fingerprint density at radius 3 is 2.70 bits per heavy atom. The summed E-state index contributed by atoms with van der Waals surface area (Å²) in [5, 5.41) is 8.62. The third-order valence-corrected chi connectivity index (χ3v) is 1.91. The Bertz CT molecular complexity index is 143. The maximum Gasteiger partial charge on any atom is 0.0976 e. The van der Waals surface area contributed by atoms with E-state index < -0.39 is 0 Å². The van der Waals surface area contributed by atoms with Crippen LogP contribution < -0.4 is 5.73 Å². The molecule has 3 heteroatoms.